The van der Waals surface area contributed by atoms with Crippen molar-refractivity contribution in [3.63, 3.8) is 0 Å². The van der Waals surface area contributed by atoms with Crippen molar-refractivity contribution in [2.75, 3.05) is 13.2 Å². The number of aryl methyl sites for hydroxylation is 2. The number of fused-ring (bicyclic) bond motifs is 1. The molecule has 0 amide bonds. The Hall–Kier alpha value is -5.22. The molecule has 2 aliphatic rings. The maximum Gasteiger partial charge on any atom is 0.416 e. The van der Waals surface area contributed by atoms with Gasteiger partial charge < -0.3 is 4.74 Å². The number of hydrogen-bond acceptors (Lipinski definition) is 6. The smallest absolute Gasteiger partial charge is 0.416 e. The third-order valence-electron chi connectivity index (χ3n) is 9.26. The maximum absolute atomic E-state index is 14.7. The van der Waals surface area contributed by atoms with Crippen molar-refractivity contribution < 1.29 is 52.7 Å². The molecule has 55 heavy (non-hydrogen) atoms. The van der Waals surface area contributed by atoms with Crippen LogP contribution in [-0.2, 0) is 41.9 Å². The molecule has 1 heterocycles. The highest BCUT2D eigenvalue weighted by atomic mass is 32.2. The predicted octanol–water partition coefficient (Wildman–Crippen LogP) is 8.62. The fraction of sp³-hybridized carbons (Fsp3) is 0.231. The van der Waals surface area contributed by atoms with Gasteiger partial charge in [-0.15, -0.1) is 4.40 Å². The highest BCUT2D eigenvalue weighted by molar-refractivity contribution is 7.91. The van der Waals surface area contributed by atoms with Crippen LogP contribution in [0.4, 0.5) is 26.3 Å². The molecule has 0 aromatic heterocycles. The number of esters is 1. The van der Waals surface area contributed by atoms with Crippen LogP contribution in [0.1, 0.15) is 46.7 Å². The van der Waals surface area contributed by atoms with E-state index in [4.69, 9.17) is 4.74 Å². The Balaban J connectivity index is 1.70. The molecule has 288 valence electrons. The van der Waals surface area contributed by atoms with Crippen LogP contribution in [0.15, 0.2) is 122 Å². The van der Waals surface area contributed by atoms with Crippen LogP contribution in [0.5, 0.6) is 0 Å². The molecule has 0 spiro atoms. The molecule has 0 N–H and O–H groups in total. The molecule has 0 saturated heterocycles. The fourth-order valence-electron chi connectivity index (χ4n) is 6.38. The molecule has 0 fully saturated rings. The van der Waals surface area contributed by atoms with Crippen LogP contribution in [0.25, 0.3) is 11.1 Å². The zero-order valence-electron chi connectivity index (χ0n) is 29.4. The van der Waals surface area contributed by atoms with Crippen LogP contribution in [-0.4, -0.2) is 46.1 Å². The minimum absolute atomic E-state index is 0.0000372. The quantitative estimate of drug-likeness (QED) is 0.130. The summed E-state index contributed by atoms with van der Waals surface area (Å²) in [6, 6.07) is 18.8. The monoisotopic (exact) mass is 802 g/mol. The molecule has 1 unspecified atom stereocenters. The highest BCUT2D eigenvalue weighted by Gasteiger charge is 2.47. The molecule has 0 saturated carbocycles. The van der Waals surface area contributed by atoms with E-state index in [-0.39, 0.29) is 50.7 Å². The van der Waals surface area contributed by atoms with Gasteiger partial charge in [-0.05, 0) is 109 Å². The zero-order chi connectivity index (χ0) is 40.1. The van der Waals surface area contributed by atoms with Crippen LogP contribution in [0.3, 0.4) is 0 Å². The van der Waals surface area contributed by atoms with Crippen molar-refractivity contribution in [1.82, 2.24) is 4.31 Å². The van der Waals surface area contributed by atoms with E-state index in [0.29, 0.717) is 21.0 Å². The number of nitrogens with zero attached hydrogens (tertiary/aromatic N) is 2. The van der Waals surface area contributed by atoms with Crippen molar-refractivity contribution in [2.45, 2.75) is 49.3 Å². The van der Waals surface area contributed by atoms with Crippen molar-refractivity contribution in [3.8, 4) is 0 Å². The van der Waals surface area contributed by atoms with Crippen LogP contribution in [0.2, 0.25) is 0 Å². The Morgan fingerprint density at radius 3 is 1.64 bits per heavy atom. The van der Waals surface area contributed by atoms with Gasteiger partial charge in [-0.25, -0.2) is 12.7 Å². The number of hydrogen-bond donors (Lipinski definition) is 0. The van der Waals surface area contributed by atoms with Crippen molar-refractivity contribution in [2.24, 2.45) is 10.3 Å². The number of allylic oxidation sites excluding steroid dienone is 1. The van der Waals surface area contributed by atoms with Gasteiger partial charge >= 0.3 is 18.3 Å². The van der Waals surface area contributed by atoms with Gasteiger partial charge in [0.1, 0.15) is 5.92 Å². The number of carbonyl (C=O) groups is 1. The molecular formula is C39H32F6N2O6S2. The van der Waals surface area contributed by atoms with Gasteiger partial charge in [-0.1, -0.05) is 59.7 Å². The normalized spacial score (nSPS) is 17.5. The molecule has 1 aliphatic carbocycles. The third-order valence-corrected chi connectivity index (χ3v) is 12.3. The number of halogens is 6. The number of rotatable bonds is 8. The molecule has 6 rings (SSSR count). The van der Waals surface area contributed by atoms with Crippen LogP contribution in [0, 0.1) is 19.8 Å². The topological polar surface area (TPSA) is 110 Å². The number of amidine groups is 1. The lowest BCUT2D eigenvalue weighted by Crippen LogP contribution is -2.44. The second-order valence-electron chi connectivity index (χ2n) is 12.9. The number of carbonyl (C=O) groups excluding carboxylic acids is 1. The molecule has 4 aromatic rings. The summed E-state index contributed by atoms with van der Waals surface area (Å²) in [4.78, 5) is 13.5. The van der Waals surface area contributed by atoms with Gasteiger partial charge in [-0.3, -0.25) is 4.79 Å². The van der Waals surface area contributed by atoms with Crippen molar-refractivity contribution in [1.29, 1.82) is 0 Å². The Kier molecular flexibility index (Phi) is 10.4. The highest BCUT2D eigenvalue weighted by Crippen LogP contribution is 2.51. The largest absolute Gasteiger partial charge is 0.465 e. The lowest BCUT2D eigenvalue weighted by molar-refractivity contribution is -0.144. The first kappa shape index (κ1) is 39.5. The second-order valence-corrected chi connectivity index (χ2v) is 16.4. The number of sulfonamides is 2. The molecular weight excluding hydrogens is 771 g/mol. The first-order chi connectivity index (χ1) is 25.7. The summed E-state index contributed by atoms with van der Waals surface area (Å²) in [6.07, 6.45) is -9.48. The summed E-state index contributed by atoms with van der Waals surface area (Å²) in [5.41, 5.74) is 0.429. The Morgan fingerprint density at radius 1 is 0.691 bits per heavy atom. The molecule has 4 aromatic carbocycles. The van der Waals surface area contributed by atoms with Crippen molar-refractivity contribution >= 4 is 43.0 Å². The number of ether oxygens (including phenoxy) is 1. The van der Waals surface area contributed by atoms with E-state index >= 15 is 0 Å². The van der Waals surface area contributed by atoms with Crippen molar-refractivity contribution in [3.05, 3.63) is 142 Å². The van der Waals surface area contributed by atoms with E-state index in [1.165, 1.54) is 67.6 Å². The molecule has 1 atom stereocenters. The number of alkyl halides is 6. The molecule has 0 radical (unpaired) electrons. The summed E-state index contributed by atoms with van der Waals surface area (Å²) < 4.78 is 149. The molecule has 0 bridgehead atoms. The van der Waals surface area contributed by atoms with Gasteiger partial charge in [0.25, 0.3) is 20.0 Å². The third kappa shape index (κ3) is 7.83. The van der Waals surface area contributed by atoms with Gasteiger partial charge in [0.05, 0.1) is 34.1 Å². The maximum atomic E-state index is 14.7. The molecule has 1 aliphatic heterocycles. The standard InChI is InChI=1S/C39H32F6N2O6S2/c1-4-53-37(48)35-34(26-11-15-28(16-12-26)39(43,44)45)32-21-31(25-9-13-27(14-10-25)38(40,41)42)33(32)22-47(55(51,52)30-19-7-24(3)8-20-30)36(35)46-54(49,50)29-17-5-23(2)6-18-29/h5-20,35H,4,21-22H2,1-3H3/b46-36+. The minimum atomic E-state index is -4.81. The second kappa shape index (κ2) is 14.5. The zero-order valence-corrected chi connectivity index (χ0v) is 31.0. The minimum Gasteiger partial charge on any atom is -0.465 e. The lowest BCUT2D eigenvalue weighted by atomic mass is 9.73. The summed E-state index contributed by atoms with van der Waals surface area (Å²) in [5.74, 6) is -3.88. The first-order valence-corrected chi connectivity index (χ1v) is 19.6. The first-order valence-electron chi connectivity index (χ1n) is 16.7. The van der Waals surface area contributed by atoms with E-state index in [1.54, 1.807) is 13.8 Å². The van der Waals surface area contributed by atoms with Gasteiger partial charge in [0.2, 0.25) is 0 Å². The summed E-state index contributed by atoms with van der Waals surface area (Å²) in [7, 11) is -9.61. The summed E-state index contributed by atoms with van der Waals surface area (Å²) >= 11 is 0. The molecule has 16 heteroatoms. The van der Waals surface area contributed by atoms with Gasteiger partial charge in [0.15, 0.2) is 5.84 Å². The van der Waals surface area contributed by atoms with Crippen LogP contribution < -0.4 is 0 Å². The Morgan fingerprint density at radius 2 is 1.16 bits per heavy atom. The summed E-state index contributed by atoms with van der Waals surface area (Å²) in [6.45, 7) is 3.97. The summed E-state index contributed by atoms with van der Waals surface area (Å²) in [5, 5.41) is 0. The fourth-order valence-corrected chi connectivity index (χ4v) is 8.89. The predicted molar refractivity (Wildman–Crippen MR) is 192 cm³/mol. The SMILES string of the molecule is CCOC(=O)C1C(c2ccc(C(F)(F)F)cc2)=C2CC(c3ccc(C(F)(F)F)cc3)=C2CN(S(=O)(=O)c2ccc(C)cc2)/C1=N/S(=O)(=O)c1ccc(C)cc1. The van der Waals surface area contributed by atoms with Crippen LogP contribution >= 0.6 is 0 Å². The van der Waals surface area contributed by atoms with E-state index in [0.717, 1.165) is 36.4 Å². The van der Waals surface area contributed by atoms with Gasteiger partial charge in [-0.2, -0.15) is 34.8 Å². The lowest BCUT2D eigenvalue weighted by Gasteiger charge is -2.31. The van der Waals surface area contributed by atoms with Gasteiger partial charge in [0, 0.05) is 0 Å². The molecule has 8 nitrogen and oxygen atoms in total. The average Bonchev–Trinajstić information content (AvgIpc) is 3.20. The number of benzene rings is 4. The Labute approximate surface area is 313 Å². The van der Waals surface area contributed by atoms with E-state index in [2.05, 4.69) is 4.40 Å². The Bertz CT molecular complexity index is 2450. The van der Waals surface area contributed by atoms with E-state index in [9.17, 15) is 48.0 Å². The average molecular weight is 803 g/mol. The van der Waals surface area contributed by atoms with E-state index in [1.807, 2.05) is 0 Å². The van der Waals surface area contributed by atoms with E-state index < -0.39 is 67.8 Å².